The summed E-state index contributed by atoms with van der Waals surface area (Å²) >= 11 is 5.92. The van der Waals surface area contributed by atoms with Gasteiger partial charge < -0.3 is 9.47 Å². The van der Waals surface area contributed by atoms with Crippen LogP contribution in [0.1, 0.15) is 29.2 Å². The predicted molar refractivity (Wildman–Crippen MR) is 114 cm³/mol. The molecule has 2 heterocycles. The first kappa shape index (κ1) is 19.2. The van der Waals surface area contributed by atoms with Crippen molar-refractivity contribution >= 4 is 40.4 Å². The minimum atomic E-state index is -0.238. The number of piperidine rings is 1. The minimum Gasteiger partial charge on any atom is -0.339 e. The topological polar surface area (TPSA) is 67.2 Å². The number of anilines is 1. The van der Waals surface area contributed by atoms with E-state index in [2.05, 4.69) is 21.4 Å². The summed E-state index contributed by atoms with van der Waals surface area (Å²) in [5, 5.41) is 3.53. The molecule has 1 aromatic heterocycles. The van der Waals surface area contributed by atoms with Gasteiger partial charge in [0, 0.05) is 29.7 Å². The normalized spacial score (nSPS) is 14.7. The second kappa shape index (κ2) is 8.09. The number of imidazole rings is 1. The van der Waals surface area contributed by atoms with Crippen molar-refractivity contribution in [2.24, 2.45) is 0 Å². The van der Waals surface area contributed by atoms with Crippen LogP contribution in [0.2, 0.25) is 5.02 Å². The SMILES string of the molecule is C=CC(=O)N1CCC(n2c(NC(=O)c3ccc(Cl)cc3)nc3ccccc32)CC1. The van der Waals surface area contributed by atoms with E-state index in [0.717, 1.165) is 23.9 Å². The quantitative estimate of drug-likeness (QED) is 0.655. The molecule has 1 aliphatic heterocycles. The summed E-state index contributed by atoms with van der Waals surface area (Å²) in [5.74, 6) is 0.229. The highest BCUT2D eigenvalue weighted by molar-refractivity contribution is 6.30. The Morgan fingerprint density at radius 1 is 1.10 bits per heavy atom. The molecule has 0 spiro atoms. The number of hydrogen-bond donors (Lipinski definition) is 1. The zero-order chi connectivity index (χ0) is 20.4. The Kier molecular flexibility index (Phi) is 5.36. The third-order valence-electron chi connectivity index (χ3n) is 5.24. The summed E-state index contributed by atoms with van der Waals surface area (Å²) in [6.07, 6.45) is 2.91. The molecule has 4 rings (SSSR count). The maximum absolute atomic E-state index is 12.7. The number of nitrogens with zero attached hydrogens (tertiary/aromatic N) is 3. The molecule has 0 saturated carbocycles. The highest BCUT2D eigenvalue weighted by Gasteiger charge is 2.26. The third-order valence-corrected chi connectivity index (χ3v) is 5.50. The summed E-state index contributed by atoms with van der Waals surface area (Å²) < 4.78 is 2.08. The fraction of sp³-hybridized carbons (Fsp3) is 0.227. The molecule has 3 aromatic rings. The predicted octanol–water partition coefficient (Wildman–Crippen LogP) is 4.29. The Bertz CT molecular complexity index is 1070. The van der Waals surface area contributed by atoms with Crippen LogP contribution in [0.4, 0.5) is 5.95 Å². The number of carbonyl (C=O) groups excluding carboxylic acids is 2. The van der Waals surface area contributed by atoms with E-state index in [0.29, 0.717) is 29.6 Å². The molecule has 1 fully saturated rings. The van der Waals surface area contributed by atoms with Gasteiger partial charge in [0.2, 0.25) is 11.9 Å². The molecule has 1 N–H and O–H groups in total. The molecule has 148 valence electrons. The number of carbonyl (C=O) groups is 2. The standard InChI is InChI=1S/C22H21ClN4O2/c1-2-20(28)26-13-11-17(12-14-26)27-19-6-4-3-5-18(19)24-22(27)25-21(29)15-7-9-16(23)10-8-15/h2-10,17H,1,11-14H2,(H,24,25,29). The number of rotatable bonds is 4. The molecule has 0 unspecified atom stereocenters. The van der Waals surface area contributed by atoms with Gasteiger partial charge in [0.1, 0.15) is 0 Å². The Morgan fingerprint density at radius 2 is 1.79 bits per heavy atom. The number of hydrogen-bond acceptors (Lipinski definition) is 3. The largest absolute Gasteiger partial charge is 0.339 e. The van der Waals surface area contributed by atoms with E-state index in [-0.39, 0.29) is 17.9 Å². The lowest BCUT2D eigenvalue weighted by Gasteiger charge is -2.33. The Balaban J connectivity index is 1.63. The molecule has 1 aliphatic rings. The number of amides is 2. The van der Waals surface area contributed by atoms with Crippen LogP contribution in [0, 0.1) is 0 Å². The molecule has 1 saturated heterocycles. The molecule has 7 heteroatoms. The average Bonchev–Trinajstić information content (AvgIpc) is 3.11. The van der Waals surface area contributed by atoms with Gasteiger partial charge in [0.25, 0.3) is 5.91 Å². The van der Waals surface area contributed by atoms with E-state index in [9.17, 15) is 9.59 Å². The summed E-state index contributed by atoms with van der Waals surface area (Å²) in [7, 11) is 0. The number of likely N-dealkylation sites (tertiary alicyclic amines) is 1. The lowest BCUT2D eigenvalue weighted by molar-refractivity contribution is -0.127. The van der Waals surface area contributed by atoms with Crippen LogP contribution in [0.5, 0.6) is 0 Å². The summed E-state index contributed by atoms with van der Waals surface area (Å²) in [6.45, 7) is 4.86. The fourth-order valence-electron chi connectivity index (χ4n) is 3.75. The molecule has 0 atom stereocenters. The van der Waals surface area contributed by atoms with Crippen molar-refractivity contribution in [3.63, 3.8) is 0 Å². The molecular formula is C22H21ClN4O2. The molecule has 0 aliphatic carbocycles. The van der Waals surface area contributed by atoms with Crippen molar-refractivity contribution in [3.8, 4) is 0 Å². The van der Waals surface area contributed by atoms with Gasteiger partial charge in [-0.2, -0.15) is 0 Å². The van der Waals surface area contributed by atoms with Crippen LogP contribution < -0.4 is 5.32 Å². The van der Waals surface area contributed by atoms with Crippen molar-refractivity contribution in [3.05, 3.63) is 71.8 Å². The smallest absolute Gasteiger partial charge is 0.257 e. The number of para-hydroxylation sites is 2. The van der Waals surface area contributed by atoms with E-state index in [1.165, 1.54) is 6.08 Å². The van der Waals surface area contributed by atoms with Crippen molar-refractivity contribution in [2.45, 2.75) is 18.9 Å². The molecule has 0 radical (unpaired) electrons. The van der Waals surface area contributed by atoms with Gasteiger partial charge in [-0.05, 0) is 55.3 Å². The summed E-state index contributed by atoms with van der Waals surface area (Å²) in [4.78, 5) is 31.1. The third kappa shape index (κ3) is 3.89. The van der Waals surface area contributed by atoms with Crippen molar-refractivity contribution in [2.75, 3.05) is 18.4 Å². The van der Waals surface area contributed by atoms with E-state index in [1.54, 1.807) is 29.2 Å². The Hall–Kier alpha value is -3.12. The van der Waals surface area contributed by atoms with Crippen LogP contribution in [0.3, 0.4) is 0 Å². The zero-order valence-corrected chi connectivity index (χ0v) is 16.6. The maximum Gasteiger partial charge on any atom is 0.257 e. The molecule has 2 amide bonds. The van der Waals surface area contributed by atoms with E-state index in [1.807, 2.05) is 24.3 Å². The summed E-state index contributed by atoms with van der Waals surface area (Å²) in [6, 6.07) is 14.7. The first-order valence-corrected chi connectivity index (χ1v) is 9.90. The second-order valence-electron chi connectivity index (χ2n) is 7.02. The number of aromatic nitrogens is 2. The Labute approximate surface area is 173 Å². The van der Waals surface area contributed by atoms with Gasteiger partial charge in [0.05, 0.1) is 11.0 Å². The number of halogens is 1. The van der Waals surface area contributed by atoms with Gasteiger partial charge in [-0.25, -0.2) is 4.98 Å². The first-order valence-electron chi connectivity index (χ1n) is 9.52. The van der Waals surface area contributed by atoms with Crippen LogP contribution in [0.25, 0.3) is 11.0 Å². The lowest BCUT2D eigenvalue weighted by atomic mass is 10.0. The molecule has 0 bridgehead atoms. The van der Waals surface area contributed by atoms with Gasteiger partial charge in [-0.1, -0.05) is 30.3 Å². The van der Waals surface area contributed by atoms with Gasteiger partial charge >= 0.3 is 0 Å². The number of nitrogens with one attached hydrogen (secondary N) is 1. The van der Waals surface area contributed by atoms with Crippen LogP contribution in [-0.4, -0.2) is 39.4 Å². The highest BCUT2D eigenvalue weighted by Crippen LogP contribution is 2.31. The van der Waals surface area contributed by atoms with Crippen LogP contribution in [-0.2, 0) is 4.79 Å². The highest BCUT2D eigenvalue weighted by atomic mass is 35.5. The number of fused-ring (bicyclic) bond motifs is 1. The monoisotopic (exact) mass is 408 g/mol. The molecular weight excluding hydrogens is 388 g/mol. The van der Waals surface area contributed by atoms with Crippen molar-refractivity contribution in [1.82, 2.24) is 14.5 Å². The van der Waals surface area contributed by atoms with E-state index < -0.39 is 0 Å². The van der Waals surface area contributed by atoms with E-state index >= 15 is 0 Å². The minimum absolute atomic E-state index is 0.0461. The van der Waals surface area contributed by atoms with Crippen molar-refractivity contribution in [1.29, 1.82) is 0 Å². The average molecular weight is 409 g/mol. The maximum atomic E-state index is 12.7. The van der Waals surface area contributed by atoms with E-state index in [4.69, 9.17) is 11.6 Å². The number of benzene rings is 2. The fourth-order valence-corrected chi connectivity index (χ4v) is 3.88. The lowest BCUT2D eigenvalue weighted by Crippen LogP contribution is -2.38. The zero-order valence-electron chi connectivity index (χ0n) is 15.8. The Morgan fingerprint density at radius 3 is 2.48 bits per heavy atom. The first-order chi connectivity index (χ1) is 14.1. The van der Waals surface area contributed by atoms with Crippen LogP contribution >= 0.6 is 11.6 Å². The molecule has 2 aromatic carbocycles. The van der Waals surface area contributed by atoms with Gasteiger partial charge in [-0.15, -0.1) is 0 Å². The van der Waals surface area contributed by atoms with Gasteiger partial charge in [0.15, 0.2) is 0 Å². The summed E-state index contributed by atoms with van der Waals surface area (Å²) in [5.41, 5.74) is 2.30. The van der Waals surface area contributed by atoms with Gasteiger partial charge in [-0.3, -0.25) is 14.9 Å². The molecule has 6 nitrogen and oxygen atoms in total. The second-order valence-corrected chi connectivity index (χ2v) is 7.45. The van der Waals surface area contributed by atoms with Crippen molar-refractivity contribution < 1.29 is 9.59 Å². The van der Waals surface area contributed by atoms with Crippen LogP contribution in [0.15, 0.2) is 61.2 Å². The molecule has 29 heavy (non-hydrogen) atoms.